The van der Waals surface area contributed by atoms with Gasteiger partial charge < -0.3 is 41.0 Å². The van der Waals surface area contributed by atoms with Crippen LogP contribution in [0.15, 0.2) is 35.2 Å². The Morgan fingerprint density at radius 3 is 2.33 bits per heavy atom. The monoisotopic (exact) mass is 638 g/mol. The summed E-state index contributed by atoms with van der Waals surface area (Å²) in [5.41, 5.74) is 5.38. The molecule has 12 heteroatoms. The number of allylic oxidation sites excluding steroid dienone is 1. The highest BCUT2D eigenvalue weighted by molar-refractivity contribution is 8.09. The van der Waals surface area contributed by atoms with E-state index in [0.717, 1.165) is 45.1 Å². The van der Waals surface area contributed by atoms with Crippen LogP contribution >= 0.6 is 11.8 Å². The number of carbonyl (C=O) groups is 3. The van der Waals surface area contributed by atoms with E-state index in [1.165, 1.54) is 0 Å². The Kier molecular flexibility index (Phi) is 7.57. The summed E-state index contributed by atoms with van der Waals surface area (Å²) in [7, 11) is 0. The zero-order chi connectivity index (χ0) is 32.6. The van der Waals surface area contributed by atoms with Crippen molar-refractivity contribution in [2.24, 2.45) is 11.8 Å². The van der Waals surface area contributed by atoms with Crippen molar-refractivity contribution in [2.45, 2.75) is 100 Å². The number of hydrogen-bond donors (Lipinski definition) is 7. The third kappa shape index (κ3) is 4.92. The number of carboxylic acids is 2. The van der Waals surface area contributed by atoms with Crippen LogP contribution in [-0.4, -0.2) is 71.7 Å². The standard InChI is InChI=1S/C33H42N4O7S/c1-7-21-30(43)37-32(31(21,6)44-32)14-25-16(3)20(9-11-28(40)41)24(35-25)12-23-19(8-10-27(38)39)15(2)22(34-23)13-26-33(18(5)45-33)17(4)29(42)36-26/h7,12-13,17-18,21,25,29,34-36,42H,1,8-11,14H2,2-6H3,(H,37,43)(H,38,39)(H,40,41)/b24-12-,26-13-/t17-,18?,21?,25?,29?,31-,32-,33+/m0/s1. The molecule has 5 aliphatic heterocycles. The highest BCUT2D eigenvalue weighted by atomic mass is 32.2. The minimum Gasteiger partial charge on any atom is -0.481 e. The van der Waals surface area contributed by atoms with Gasteiger partial charge in [-0.2, -0.15) is 0 Å². The van der Waals surface area contributed by atoms with Crippen molar-refractivity contribution in [3.8, 4) is 0 Å². The lowest BCUT2D eigenvalue weighted by atomic mass is 9.87. The van der Waals surface area contributed by atoms with Crippen LogP contribution in [0.25, 0.3) is 12.2 Å². The molecule has 1 aromatic heterocycles. The zero-order valence-electron chi connectivity index (χ0n) is 26.2. The number of H-pyrrole nitrogens is 1. The summed E-state index contributed by atoms with van der Waals surface area (Å²) in [6, 6.07) is -0.218. The zero-order valence-corrected chi connectivity index (χ0v) is 27.1. The maximum atomic E-state index is 12.6. The summed E-state index contributed by atoms with van der Waals surface area (Å²) < 4.78 is 5.95. The van der Waals surface area contributed by atoms with Gasteiger partial charge in [0.15, 0.2) is 5.72 Å². The largest absolute Gasteiger partial charge is 0.481 e. The van der Waals surface area contributed by atoms with E-state index in [4.69, 9.17) is 4.74 Å². The van der Waals surface area contributed by atoms with E-state index in [-0.39, 0.29) is 35.5 Å². The van der Waals surface area contributed by atoms with Gasteiger partial charge in [0, 0.05) is 53.2 Å². The van der Waals surface area contributed by atoms with Crippen molar-refractivity contribution in [3.05, 3.63) is 57.7 Å². The van der Waals surface area contributed by atoms with Gasteiger partial charge in [0.2, 0.25) is 5.91 Å². The smallest absolute Gasteiger partial charge is 0.303 e. The number of ether oxygens (including phenoxy) is 1. The van der Waals surface area contributed by atoms with E-state index < -0.39 is 35.4 Å². The van der Waals surface area contributed by atoms with Crippen LogP contribution in [-0.2, 0) is 25.5 Å². The fourth-order valence-corrected chi connectivity index (χ4v) is 9.23. The first-order valence-corrected chi connectivity index (χ1v) is 16.4. The Morgan fingerprint density at radius 1 is 1.07 bits per heavy atom. The van der Waals surface area contributed by atoms with Gasteiger partial charge in [0.05, 0.1) is 16.7 Å². The number of thioether (sulfide) groups is 1. The van der Waals surface area contributed by atoms with Gasteiger partial charge in [-0.05, 0) is 68.0 Å². The average molecular weight is 639 g/mol. The predicted octanol–water partition coefficient (Wildman–Crippen LogP) is 3.41. The number of hydrogen-bond acceptors (Lipinski definition) is 8. The van der Waals surface area contributed by atoms with Crippen molar-refractivity contribution in [2.75, 3.05) is 0 Å². The van der Waals surface area contributed by atoms with Crippen molar-refractivity contribution in [1.82, 2.24) is 20.9 Å². The lowest BCUT2D eigenvalue weighted by molar-refractivity contribution is -0.138. The number of aliphatic carboxylic acids is 2. The molecule has 1 aromatic rings. The van der Waals surface area contributed by atoms with Gasteiger partial charge in [0.25, 0.3) is 0 Å². The van der Waals surface area contributed by atoms with Gasteiger partial charge in [-0.25, -0.2) is 0 Å². The lowest BCUT2D eigenvalue weighted by Crippen LogP contribution is -2.40. The second-order valence-corrected chi connectivity index (χ2v) is 14.8. The summed E-state index contributed by atoms with van der Waals surface area (Å²) in [6.07, 6.45) is 5.92. The number of fused-ring (bicyclic) bond motifs is 1. The van der Waals surface area contributed by atoms with Crippen molar-refractivity contribution >= 4 is 41.8 Å². The third-order valence-corrected chi connectivity index (χ3v) is 12.5. The number of aromatic nitrogens is 1. The molecule has 45 heavy (non-hydrogen) atoms. The van der Waals surface area contributed by atoms with E-state index in [0.29, 0.717) is 24.5 Å². The molecule has 4 saturated heterocycles. The predicted molar refractivity (Wildman–Crippen MR) is 171 cm³/mol. The fourth-order valence-electron chi connectivity index (χ4n) is 7.78. The summed E-state index contributed by atoms with van der Waals surface area (Å²) >= 11 is 1.82. The minimum absolute atomic E-state index is 0.0415. The first-order chi connectivity index (χ1) is 21.2. The Hall–Kier alpha value is -3.48. The summed E-state index contributed by atoms with van der Waals surface area (Å²) in [6.45, 7) is 13.9. The van der Waals surface area contributed by atoms with Gasteiger partial charge in [-0.3, -0.25) is 14.4 Å². The summed E-state index contributed by atoms with van der Waals surface area (Å²) in [5.74, 6) is -2.33. The van der Waals surface area contributed by atoms with E-state index in [9.17, 15) is 29.7 Å². The molecule has 1 amide bonds. The molecule has 5 aliphatic rings. The number of rotatable bonds is 11. The van der Waals surface area contributed by atoms with Crippen LogP contribution in [0.2, 0.25) is 0 Å². The highest BCUT2D eigenvalue weighted by Gasteiger charge is 2.77. The first kappa shape index (κ1) is 31.5. The Morgan fingerprint density at radius 2 is 1.73 bits per heavy atom. The molecule has 0 aromatic carbocycles. The number of carboxylic acid groups (broad SMARTS) is 2. The van der Waals surface area contributed by atoms with Crippen LogP contribution in [0.1, 0.15) is 75.9 Å². The number of aliphatic hydroxyl groups is 1. The van der Waals surface area contributed by atoms with Crippen LogP contribution in [0.4, 0.5) is 0 Å². The van der Waals surface area contributed by atoms with E-state index in [1.54, 1.807) is 6.08 Å². The molecule has 0 bridgehead atoms. The van der Waals surface area contributed by atoms with E-state index >= 15 is 0 Å². The second kappa shape index (κ2) is 10.8. The maximum absolute atomic E-state index is 12.6. The molecule has 8 atom stereocenters. The molecule has 1 spiro atoms. The first-order valence-electron chi connectivity index (χ1n) is 15.5. The van der Waals surface area contributed by atoms with Gasteiger partial charge in [0.1, 0.15) is 11.8 Å². The lowest BCUT2D eigenvalue weighted by Gasteiger charge is -2.19. The Labute approximate surface area is 266 Å². The molecule has 6 rings (SSSR count). The van der Waals surface area contributed by atoms with Crippen LogP contribution in [0, 0.1) is 18.8 Å². The van der Waals surface area contributed by atoms with Crippen molar-refractivity contribution in [1.29, 1.82) is 0 Å². The second-order valence-electron chi connectivity index (χ2n) is 13.2. The molecule has 0 saturated carbocycles. The fraction of sp³-hybridized carbons (Fsp3) is 0.545. The molecule has 242 valence electrons. The third-order valence-electron chi connectivity index (χ3n) is 10.7. The topological polar surface area (TPSA) is 176 Å². The van der Waals surface area contributed by atoms with E-state index in [2.05, 4.69) is 34.4 Å². The highest BCUT2D eigenvalue weighted by Crippen LogP contribution is 2.65. The van der Waals surface area contributed by atoms with E-state index in [1.807, 2.05) is 51.6 Å². The van der Waals surface area contributed by atoms with Crippen molar-refractivity contribution < 1.29 is 34.4 Å². The Bertz CT molecular complexity index is 1590. The van der Waals surface area contributed by atoms with Gasteiger partial charge in [-0.1, -0.05) is 19.9 Å². The molecular weight excluding hydrogens is 596 g/mol. The molecule has 11 nitrogen and oxygen atoms in total. The number of aromatic amines is 1. The number of carbonyl (C=O) groups excluding carboxylic acids is 1. The van der Waals surface area contributed by atoms with Crippen LogP contribution in [0.3, 0.4) is 0 Å². The maximum Gasteiger partial charge on any atom is 0.303 e. The quantitative estimate of drug-likeness (QED) is 0.140. The number of epoxide rings is 1. The normalized spacial score (nSPS) is 38.0. The van der Waals surface area contributed by atoms with Gasteiger partial charge >= 0.3 is 11.9 Å². The molecule has 6 heterocycles. The van der Waals surface area contributed by atoms with Crippen LogP contribution in [0.5, 0.6) is 0 Å². The Balaban J connectivity index is 1.36. The molecular formula is C33H42N4O7S. The van der Waals surface area contributed by atoms with Crippen molar-refractivity contribution in [3.63, 3.8) is 0 Å². The average Bonchev–Trinajstić information content (AvgIpc) is 3.62. The van der Waals surface area contributed by atoms with Gasteiger partial charge in [-0.15, -0.1) is 18.3 Å². The summed E-state index contributed by atoms with van der Waals surface area (Å²) in [4.78, 5) is 39.3. The molecule has 4 fully saturated rings. The SMILES string of the molecule is C=CC1C(=O)N[C@@]2(CC3N/C(=C\c4[nH]c(/C=C5\NC(O)[C@H](C)[C@]56SC6C)c(C)c4CCC(=O)O)C(CCC(=O)O)=C3C)O[C@@]12C. The molecule has 0 aliphatic carbocycles. The molecule has 0 radical (unpaired) electrons. The van der Waals surface area contributed by atoms with Crippen LogP contribution < -0.4 is 16.0 Å². The molecule has 7 N–H and O–H groups in total. The number of aliphatic hydroxyl groups excluding tert-OH is 1. The number of nitrogens with one attached hydrogen (secondary N) is 4. The molecule has 4 unspecified atom stereocenters. The number of amides is 1. The summed E-state index contributed by atoms with van der Waals surface area (Å²) in [5, 5.41) is 39.9. The minimum atomic E-state index is -0.903.